The molecule has 0 spiro atoms. The number of nitrogens with one attached hydrogen (secondary N) is 1. The van der Waals surface area contributed by atoms with E-state index in [1.807, 2.05) is 37.3 Å². The van der Waals surface area contributed by atoms with Crippen LogP contribution in [0.4, 0.5) is 4.79 Å². The Kier molecular flexibility index (Phi) is 4.53. The molecule has 1 N–H and O–H groups in total. The summed E-state index contributed by atoms with van der Waals surface area (Å²) < 4.78 is 5.22. The summed E-state index contributed by atoms with van der Waals surface area (Å²) in [5, 5.41) is 2.78. The van der Waals surface area contributed by atoms with Crippen LogP contribution >= 0.6 is 0 Å². The van der Waals surface area contributed by atoms with Gasteiger partial charge < -0.3 is 15.0 Å². The first kappa shape index (κ1) is 16.4. The van der Waals surface area contributed by atoms with Crippen molar-refractivity contribution in [3.8, 4) is 0 Å². The van der Waals surface area contributed by atoms with Crippen molar-refractivity contribution in [2.24, 2.45) is 0 Å². The van der Waals surface area contributed by atoms with E-state index < -0.39 is 11.6 Å². The highest BCUT2D eigenvalue weighted by Gasteiger charge is 2.51. The second-order valence-electron chi connectivity index (χ2n) is 5.94. The maximum absolute atomic E-state index is 12.9. The molecule has 3 rings (SSSR count). The normalized spacial score (nSPS) is 24.2. The van der Waals surface area contributed by atoms with Crippen LogP contribution in [0.1, 0.15) is 18.9 Å². The first-order valence-corrected chi connectivity index (χ1v) is 8.13. The molecule has 7 nitrogen and oxygen atoms in total. The molecule has 2 fully saturated rings. The van der Waals surface area contributed by atoms with Gasteiger partial charge in [0.25, 0.3) is 5.91 Å². The van der Waals surface area contributed by atoms with E-state index in [2.05, 4.69) is 5.32 Å². The second-order valence-corrected chi connectivity index (χ2v) is 5.94. The number of carbonyl (C=O) groups is 3. The van der Waals surface area contributed by atoms with E-state index in [0.29, 0.717) is 32.7 Å². The van der Waals surface area contributed by atoms with Crippen molar-refractivity contribution in [2.75, 3.05) is 32.8 Å². The van der Waals surface area contributed by atoms with Crippen LogP contribution < -0.4 is 5.32 Å². The maximum Gasteiger partial charge on any atom is 0.325 e. The highest BCUT2D eigenvalue weighted by molar-refractivity contribution is 6.09. The van der Waals surface area contributed by atoms with E-state index in [1.54, 1.807) is 4.90 Å². The Morgan fingerprint density at radius 3 is 2.50 bits per heavy atom. The Morgan fingerprint density at radius 1 is 1.21 bits per heavy atom. The van der Waals surface area contributed by atoms with Gasteiger partial charge >= 0.3 is 6.03 Å². The van der Waals surface area contributed by atoms with Gasteiger partial charge in [0.1, 0.15) is 12.1 Å². The molecule has 2 aliphatic heterocycles. The smallest absolute Gasteiger partial charge is 0.325 e. The largest absolute Gasteiger partial charge is 0.378 e. The van der Waals surface area contributed by atoms with E-state index in [0.717, 1.165) is 10.5 Å². The Hall–Kier alpha value is -2.41. The lowest BCUT2D eigenvalue weighted by molar-refractivity contribution is -0.141. The first-order chi connectivity index (χ1) is 11.6. The summed E-state index contributed by atoms with van der Waals surface area (Å²) in [6, 6.07) is 8.62. The van der Waals surface area contributed by atoms with Gasteiger partial charge in [0.05, 0.1) is 13.2 Å². The minimum atomic E-state index is -1.09. The molecule has 2 saturated heterocycles. The van der Waals surface area contributed by atoms with E-state index in [4.69, 9.17) is 4.74 Å². The van der Waals surface area contributed by atoms with Gasteiger partial charge in [0.2, 0.25) is 5.91 Å². The summed E-state index contributed by atoms with van der Waals surface area (Å²) >= 11 is 0. The molecule has 0 saturated carbocycles. The predicted octanol–water partition coefficient (Wildman–Crippen LogP) is 0.703. The standard InChI is InChI=1S/C17H21N3O4/c1-2-17(13-6-4-3-5-7-13)15(22)20(16(23)18-17)12-14(21)19-8-10-24-11-9-19/h3-7H,2,8-12H2,1H3,(H,18,23)/t17-/m0/s1. The van der Waals surface area contributed by atoms with Crippen LogP contribution in [0, 0.1) is 0 Å². The van der Waals surface area contributed by atoms with Crippen LogP contribution in [0.25, 0.3) is 0 Å². The summed E-state index contributed by atoms with van der Waals surface area (Å²) in [5.41, 5.74) is -0.365. The zero-order chi connectivity index (χ0) is 17.2. The van der Waals surface area contributed by atoms with Gasteiger partial charge in [-0.05, 0) is 12.0 Å². The summed E-state index contributed by atoms with van der Waals surface area (Å²) in [5.74, 6) is -0.607. The van der Waals surface area contributed by atoms with Crippen LogP contribution in [0.5, 0.6) is 0 Å². The van der Waals surface area contributed by atoms with Crippen LogP contribution in [-0.4, -0.2) is 60.5 Å². The average Bonchev–Trinajstić information content (AvgIpc) is 2.88. The quantitative estimate of drug-likeness (QED) is 0.824. The molecule has 2 aliphatic rings. The van der Waals surface area contributed by atoms with Crippen LogP contribution in [0.2, 0.25) is 0 Å². The third-order valence-electron chi connectivity index (χ3n) is 4.63. The van der Waals surface area contributed by atoms with Crippen molar-refractivity contribution in [3.05, 3.63) is 35.9 Å². The third kappa shape index (κ3) is 2.75. The maximum atomic E-state index is 12.9. The monoisotopic (exact) mass is 331 g/mol. The van der Waals surface area contributed by atoms with E-state index in [9.17, 15) is 14.4 Å². The fourth-order valence-electron chi connectivity index (χ4n) is 3.18. The van der Waals surface area contributed by atoms with Gasteiger partial charge in [0.15, 0.2) is 0 Å². The molecule has 0 aromatic heterocycles. The molecular weight excluding hydrogens is 310 g/mol. The van der Waals surface area contributed by atoms with Gasteiger partial charge in [-0.15, -0.1) is 0 Å². The van der Waals surface area contributed by atoms with Crippen LogP contribution in [0.15, 0.2) is 30.3 Å². The third-order valence-corrected chi connectivity index (χ3v) is 4.63. The molecule has 0 unspecified atom stereocenters. The van der Waals surface area contributed by atoms with Gasteiger partial charge in [0, 0.05) is 13.1 Å². The van der Waals surface area contributed by atoms with Crippen molar-refractivity contribution < 1.29 is 19.1 Å². The average molecular weight is 331 g/mol. The van der Waals surface area contributed by atoms with Crippen molar-refractivity contribution in [3.63, 3.8) is 0 Å². The van der Waals surface area contributed by atoms with Gasteiger partial charge in [-0.25, -0.2) is 4.79 Å². The number of rotatable bonds is 4. The number of imide groups is 1. The minimum absolute atomic E-state index is 0.234. The summed E-state index contributed by atoms with van der Waals surface area (Å²) in [4.78, 5) is 40.3. The molecular formula is C17H21N3O4. The summed E-state index contributed by atoms with van der Waals surface area (Å²) in [6.07, 6.45) is 0.420. The van der Waals surface area contributed by atoms with E-state index in [-0.39, 0.29) is 18.4 Å². The molecule has 4 amide bonds. The zero-order valence-electron chi connectivity index (χ0n) is 13.7. The number of hydrogen-bond donors (Lipinski definition) is 1. The highest BCUT2D eigenvalue weighted by atomic mass is 16.5. The molecule has 1 aromatic carbocycles. The first-order valence-electron chi connectivity index (χ1n) is 8.13. The second kappa shape index (κ2) is 6.60. The minimum Gasteiger partial charge on any atom is -0.378 e. The highest BCUT2D eigenvalue weighted by Crippen LogP contribution is 2.32. The molecule has 7 heteroatoms. The number of nitrogens with zero attached hydrogens (tertiary/aromatic N) is 2. The molecule has 128 valence electrons. The number of ether oxygens (including phenoxy) is 1. The Balaban J connectivity index is 1.79. The number of carbonyl (C=O) groups excluding carboxylic acids is 3. The van der Waals surface area contributed by atoms with Crippen LogP contribution in [-0.2, 0) is 19.9 Å². The number of urea groups is 1. The summed E-state index contributed by atoms with van der Waals surface area (Å²) in [7, 11) is 0. The molecule has 1 atom stereocenters. The molecule has 0 bridgehead atoms. The van der Waals surface area contributed by atoms with Crippen LogP contribution in [0.3, 0.4) is 0 Å². The summed E-state index contributed by atoms with van der Waals surface area (Å²) in [6.45, 7) is 3.54. The predicted molar refractivity (Wildman–Crippen MR) is 86.1 cm³/mol. The Bertz CT molecular complexity index is 642. The van der Waals surface area contributed by atoms with Gasteiger partial charge in [-0.3, -0.25) is 14.5 Å². The van der Waals surface area contributed by atoms with E-state index >= 15 is 0 Å². The fraction of sp³-hybridized carbons (Fsp3) is 0.471. The topological polar surface area (TPSA) is 79.0 Å². The number of hydrogen-bond acceptors (Lipinski definition) is 4. The van der Waals surface area contributed by atoms with Crippen molar-refractivity contribution in [2.45, 2.75) is 18.9 Å². The van der Waals surface area contributed by atoms with Crippen molar-refractivity contribution >= 4 is 17.8 Å². The molecule has 2 heterocycles. The number of amides is 4. The van der Waals surface area contributed by atoms with Gasteiger partial charge in [-0.2, -0.15) is 0 Å². The van der Waals surface area contributed by atoms with E-state index in [1.165, 1.54) is 0 Å². The lowest BCUT2D eigenvalue weighted by Gasteiger charge is -2.28. The fourth-order valence-corrected chi connectivity index (χ4v) is 3.18. The lowest BCUT2D eigenvalue weighted by atomic mass is 9.87. The Labute approximate surface area is 140 Å². The lowest BCUT2D eigenvalue weighted by Crippen LogP contribution is -2.48. The molecule has 0 radical (unpaired) electrons. The number of benzene rings is 1. The molecule has 24 heavy (non-hydrogen) atoms. The van der Waals surface area contributed by atoms with Crippen molar-refractivity contribution in [1.82, 2.24) is 15.1 Å². The zero-order valence-corrected chi connectivity index (χ0v) is 13.7. The van der Waals surface area contributed by atoms with Gasteiger partial charge in [-0.1, -0.05) is 37.3 Å². The Morgan fingerprint density at radius 2 is 1.88 bits per heavy atom. The molecule has 1 aromatic rings. The number of morpholine rings is 1. The van der Waals surface area contributed by atoms with Crippen molar-refractivity contribution in [1.29, 1.82) is 0 Å². The SMILES string of the molecule is CC[C@@]1(c2ccccc2)NC(=O)N(CC(=O)N2CCOCC2)C1=O. The molecule has 0 aliphatic carbocycles.